The van der Waals surface area contributed by atoms with Crippen LogP contribution >= 0.6 is 0 Å². The number of carbonyl (C=O) groups excluding carboxylic acids is 1. The quantitative estimate of drug-likeness (QED) is 0.103. The number of rotatable bonds is 7. The van der Waals surface area contributed by atoms with Gasteiger partial charge >= 0.3 is 11.9 Å². The van der Waals surface area contributed by atoms with Crippen LogP contribution in [0.5, 0.6) is 0 Å². The average Bonchev–Trinajstić information content (AvgIpc) is 2.99. The first-order valence-corrected chi connectivity index (χ1v) is 13.1. The molecule has 0 amide bonds. The van der Waals surface area contributed by atoms with Gasteiger partial charge in [-0.1, -0.05) is 18.2 Å². The summed E-state index contributed by atoms with van der Waals surface area (Å²) < 4.78 is 6.30. The summed E-state index contributed by atoms with van der Waals surface area (Å²) in [6, 6.07) is 19.0. The molecule has 3 aromatic carbocycles. The summed E-state index contributed by atoms with van der Waals surface area (Å²) >= 11 is 0. The van der Waals surface area contributed by atoms with Gasteiger partial charge in [0.15, 0.2) is 11.7 Å². The van der Waals surface area contributed by atoms with Gasteiger partial charge in [-0.2, -0.15) is 0 Å². The number of carbonyl (C=O) groups is 3. The summed E-state index contributed by atoms with van der Waals surface area (Å²) in [5.41, 5.74) is 10.00. The molecule has 2 heterocycles. The van der Waals surface area contributed by atoms with Gasteiger partial charge in [0, 0.05) is 45.8 Å². The second-order valence-electron chi connectivity index (χ2n) is 10.1. The highest BCUT2D eigenvalue weighted by atomic mass is 16.4. The predicted octanol–water partition coefficient (Wildman–Crippen LogP) is 5.82. The van der Waals surface area contributed by atoms with Crippen LogP contribution in [0.4, 0.5) is 11.4 Å². The third-order valence-corrected chi connectivity index (χ3v) is 7.41. The largest absolute Gasteiger partial charge is 0.478 e. The number of pyridine rings is 1. The van der Waals surface area contributed by atoms with Crippen molar-refractivity contribution in [3.63, 3.8) is 0 Å². The highest BCUT2D eigenvalue weighted by molar-refractivity contribution is 6.10. The molecule has 1 aliphatic heterocycles. The Labute approximate surface area is 243 Å². The van der Waals surface area contributed by atoms with E-state index >= 15 is 0 Å². The Kier molecular flexibility index (Phi) is 6.58. The molecule has 212 valence electrons. The average molecular weight is 574 g/mol. The molecular weight excluding hydrogens is 550 g/mol. The zero-order chi connectivity index (χ0) is 30.4. The zero-order valence-electron chi connectivity index (χ0n) is 22.7. The number of aryl methyl sites for hydroxylation is 1. The standard InChI is InChI=1S/C33H23N3O7/c1-16-11-23-28(13-27(16)38)43-31-21(29(23)22-12-18(32(39)40)6-8-20(22)33(41)42)9-10-25(34)24(31)14-35-26-4-2-3-17-5-7-19(15-37)36-30(17)26/h2-13,15,35H,14,34H2,1H3,(H,39,40)(H,41,42). The normalized spacial score (nSPS) is 11.2. The Balaban J connectivity index is 1.62. The van der Waals surface area contributed by atoms with Crippen LogP contribution in [0, 0.1) is 6.92 Å². The number of aromatic nitrogens is 1. The maximum atomic E-state index is 12.7. The molecule has 0 radical (unpaired) electrons. The monoisotopic (exact) mass is 573 g/mol. The van der Waals surface area contributed by atoms with Crippen molar-refractivity contribution in [2.75, 3.05) is 11.1 Å². The van der Waals surface area contributed by atoms with Crippen molar-refractivity contribution >= 4 is 51.5 Å². The molecule has 4 aromatic rings. The number of carboxylic acids is 2. The number of hydrogen-bond donors (Lipinski definition) is 4. The lowest BCUT2D eigenvalue weighted by atomic mass is 9.88. The van der Waals surface area contributed by atoms with E-state index in [-0.39, 0.29) is 45.7 Å². The minimum atomic E-state index is -1.25. The van der Waals surface area contributed by atoms with Crippen LogP contribution in [0.1, 0.15) is 42.3 Å². The van der Waals surface area contributed by atoms with Crippen molar-refractivity contribution in [2.45, 2.75) is 13.5 Å². The third kappa shape index (κ3) is 4.70. The number of nitrogens with one attached hydrogen (secondary N) is 1. The van der Waals surface area contributed by atoms with E-state index in [1.54, 1.807) is 37.3 Å². The van der Waals surface area contributed by atoms with Gasteiger partial charge in [-0.25, -0.2) is 14.6 Å². The second-order valence-corrected chi connectivity index (χ2v) is 10.1. The maximum Gasteiger partial charge on any atom is 0.336 e. The SMILES string of the molecule is Cc1cc2c(-c3cc(C(=O)O)ccc3C(=O)O)c3ccc(N)c(CNc4cccc5ccc(C=O)nc45)c3oc-2cc1=O. The number of hydrogen-bond acceptors (Lipinski definition) is 8. The number of para-hydroxylation sites is 1. The Hall–Kier alpha value is -6.03. The van der Waals surface area contributed by atoms with Crippen molar-refractivity contribution in [3.8, 4) is 22.5 Å². The van der Waals surface area contributed by atoms with Gasteiger partial charge in [0.25, 0.3) is 0 Å². The van der Waals surface area contributed by atoms with Gasteiger partial charge < -0.3 is 25.7 Å². The molecule has 10 nitrogen and oxygen atoms in total. The second kappa shape index (κ2) is 10.4. The van der Waals surface area contributed by atoms with Crippen LogP contribution < -0.4 is 16.5 Å². The van der Waals surface area contributed by atoms with Crippen molar-refractivity contribution in [1.82, 2.24) is 4.98 Å². The lowest BCUT2D eigenvalue weighted by molar-refractivity contribution is 0.0682. The molecule has 0 saturated carbocycles. The summed E-state index contributed by atoms with van der Waals surface area (Å²) in [7, 11) is 0. The summed E-state index contributed by atoms with van der Waals surface area (Å²) in [4.78, 5) is 52.7. The summed E-state index contributed by atoms with van der Waals surface area (Å²) in [6.07, 6.45) is 0.668. The summed E-state index contributed by atoms with van der Waals surface area (Å²) in [5.74, 6) is -2.29. The molecule has 10 heteroatoms. The van der Waals surface area contributed by atoms with Gasteiger partial charge in [0.2, 0.25) is 0 Å². The van der Waals surface area contributed by atoms with E-state index in [0.29, 0.717) is 50.8 Å². The molecule has 0 fully saturated rings. The molecule has 5 N–H and O–H groups in total. The van der Waals surface area contributed by atoms with Gasteiger partial charge in [-0.15, -0.1) is 0 Å². The minimum absolute atomic E-state index is 0.102. The highest BCUT2D eigenvalue weighted by Gasteiger charge is 2.25. The zero-order valence-corrected chi connectivity index (χ0v) is 22.7. The fraction of sp³-hybridized carbons (Fsp3) is 0.0606. The number of nitrogens with two attached hydrogens (primary N) is 1. The molecule has 0 saturated heterocycles. The molecule has 0 spiro atoms. The minimum Gasteiger partial charge on any atom is -0.478 e. The van der Waals surface area contributed by atoms with Crippen molar-refractivity contribution in [1.29, 1.82) is 0 Å². The molecule has 43 heavy (non-hydrogen) atoms. The van der Waals surface area contributed by atoms with Gasteiger partial charge in [0.1, 0.15) is 17.0 Å². The van der Waals surface area contributed by atoms with Crippen LogP contribution in [-0.4, -0.2) is 33.4 Å². The molecule has 0 atom stereocenters. The first-order chi connectivity index (χ1) is 20.7. The van der Waals surface area contributed by atoms with E-state index in [0.717, 1.165) is 5.39 Å². The predicted molar refractivity (Wildman–Crippen MR) is 162 cm³/mol. The Morgan fingerprint density at radius 2 is 1.79 bits per heavy atom. The van der Waals surface area contributed by atoms with E-state index in [1.807, 2.05) is 18.2 Å². The maximum absolute atomic E-state index is 12.7. The van der Waals surface area contributed by atoms with E-state index in [9.17, 15) is 29.4 Å². The Morgan fingerprint density at radius 1 is 0.977 bits per heavy atom. The number of nitrogens with zero attached hydrogens (tertiary/aromatic N) is 1. The topological polar surface area (TPSA) is 173 Å². The first-order valence-electron chi connectivity index (χ1n) is 13.1. The molecule has 2 aliphatic rings. The fourth-order valence-corrected chi connectivity index (χ4v) is 5.26. The van der Waals surface area contributed by atoms with Crippen molar-refractivity contribution < 1.29 is 29.0 Å². The number of aromatic carboxylic acids is 2. The number of carboxylic acid groups (broad SMARTS) is 2. The Bertz CT molecular complexity index is 2170. The van der Waals surface area contributed by atoms with Gasteiger partial charge in [-0.3, -0.25) is 9.59 Å². The van der Waals surface area contributed by atoms with Crippen LogP contribution in [0.25, 0.3) is 44.3 Å². The lowest BCUT2D eigenvalue weighted by Crippen LogP contribution is -2.09. The smallest absolute Gasteiger partial charge is 0.336 e. The molecule has 0 bridgehead atoms. The van der Waals surface area contributed by atoms with E-state index in [1.165, 1.54) is 24.3 Å². The highest BCUT2D eigenvalue weighted by Crippen LogP contribution is 2.44. The number of anilines is 2. The van der Waals surface area contributed by atoms with Crippen molar-refractivity contribution in [3.05, 3.63) is 111 Å². The molecule has 1 aromatic heterocycles. The fourth-order valence-electron chi connectivity index (χ4n) is 5.26. The number of benzene rings is 4. The number of fused-ring (bicyclic) bond motifs is 3. The van der Waals surface area contributed by atoms with E-state index < -0.39 is 11.9 Å². The van der Waals surface area contributed by atoms with Crippen molar-refractivity contribution in [2.24, 2.45) is 0 Å². The third-order valence-electron chi connectivity index (χ3n) is 7.41. The number of nitrogen functional groups attached to an aromatic ring is 1. The van der Waals surface area contributed by atoms with Crippen LogP contribution in [0.3, 0.4) is 0 Å². The van der Waals surface area contributed by atoms with Gasteiger partial charge in [-0.05, 0) is 66.6 Å². The first kappa shape index (κ1) is 27.2. The molecular formula is C33H23N3O7. The van der Waals surface area contributed by atoms with Crippen LogP contribution in [-0.2, 0) is 6.54 Å². The molecule has 1 aliphatic carbocycles. The van der Waals surface area contributed by atoms with E-state index in [2.05, 4.69) is 10.3 Å². The van der Waals surface area contributed by atoms with Gasteiger partial charge in [0.05, 0.1) is 22.3 Å². The molecule has 0 unspecified atom stereocenters. The van der Waals surface area contributed by atoms with E-state index in [4.69, 9.17) is 10.2 Å². The number of aldehydes is 1. The van der Waals surface area contributed by atoms with Crippen LogP contribution in [0.15, 0.2) is 82.0 Å². The molecule has 6 rings (SSSR count). The Morgan fingerprint density at radius 3 is 2.53 bits per heavy atom. The van der Waals surface area contributed by atoms with Crippen LogP contribution in [0.2, 0.25) is 0 Å². The summed E-state index contributed by atoms with van der Waals surface area (Å²) in [6.45, 7) is 1.77. The summed E-state index contributed by atoms with van der Waals surface area (Å²) in [5, 5.41) is 24.4. The lowest BCUT2D eigenvalue weighted by Gasteiger charge is -2.20.